The molecule has 0 bridgehead atoms. The first kappa shape index (κ1) is 24.5. The van der Waals surface area contributed by atoms with Gasteiger partial charge in [0.2, 0.25) is 0 Å². The zero-order chi connectivity index (χ0) is 23.3. The predicted octanol–water partition coefficient (Wildman–Crippen LogP) is 5.95. The van der Waals surface area contributed by atoms with Gasteiger partial charge in [0, 0.05) is 19.6 Å². The molecule has 0 saturated carbocycles. The molecule has 0 aromatic heterocycles. The first-order chi connectivity index (χ1) is 16.1. The maximum absolute atomic E-state index is 2.33. The Balaban J connectivity index is 2.05. The highest BCUT2D eigenvalue weighted by Gasteiger charge is 2.31. The minimum Gasteiger partial charge on any atom is -0.195 e. The molecule has 0 amide bonds. The summed E-state index contributed by atoms with van der Waals surface area (Å²) in [7, 11) is 0. The molecule has 0 fully saturated rings. The van der Waals surface area contributed by atoms with Crippen LogP contribution in [0.5, 0.6) is 0 Å². The summed E-state index contributed by atoms with van der Waals surface area (Å²) < 4.78 is 0. The number of hydrogen-bond acceptors (Lipinski definition) is 4. The van der Waals surface area contributed by atoms with Gasteiger partial charge < -0.3 is 0 Å². The normalized spacial score (nSPS) is 11.5. The first-order valence-electron chi connectivity index (χ1n) is 10.9. The summed E-state index contributed by atoms with van der Waals surface area (Å²) in [6.45, 7) is 0. The molecule has 0 radical (unpaired) electrons. The first-order valence-corrected chi connectivity index (χ1v) is 15.8. The molecule has 0 unspecified atom stereocenters. The lowest BCUT2D eigenvalue weighted by molar-refractivity contribution is 1.45. The second kappa shape index (κ2) is 11.2. The minimum absolute atomic E-state index is 1.29. The summed E-state index contributed by atoms with van der Waals surface area (Å²) >= 11 is 7.16. The summed E-state index contributed by atoms with van der Waals surface area (Å²) in [4.78, 5) is 5.15. The molecular weight excluding hydrogens is 475 g/mol. The predicted molar refractivity (Wildman–Crippen MR) is 157 cm³/mol. The summed E-state index contributed by atoms with van der Waals surface area (Å²) in [5.74, 6) is 0. The van der Waals surface area contributed by atoms with Gasteiger partial charge in [0.15, 0.2) is 0 Å². The topological polar surface area (TPSA) is 0 Å². The average molecular weight is 504 g/mol. The smallest absolute Gasteiger partial charge is 0.108 e. The Labute approximate surface area is 215 Å². The summed E-state index contributed by atoms with van der Waals surface area (Å²) in [6, 6.07) is 36.8. The van der Waals surface area contributed by atoms with Crippen molar-refractivity contribution < 1.29 is 0 Å². The van der Waals surface area contributed by atoms with Crippen LogP contribution in [-0.2, 0) is 0 Å². The SMILES string of the molecule is CSc1ccc([B-](c2ccc(SC)cc2)(c2ccc(SC)cc2)c2ccc(SC)cc2)cc1. The molecule has 0 aliphatic carbocycles. The van der Waals surface area contributed by atoms with Crippen LogP contribution in [0, 0.1) is 0 Å². The van der Waals surface area contributed by atoms with Gasteiger partial charge in [-0.05, 0) is 25.0 Å². The summed E-state index contributed by atoms with van der Waals surface area (Å²) in [5, 5.41) is 0. The molecule has 33 heavy (non-hydrogen) atoms. The fraction of sp³-hybridized carbons (Fsp3) is 0.143. The highest BCUT2D eigenvalue weighted by atomic mass is 32.2. The zero-order valence-electron chi connectivity index (χ0n) is 19.4. The van der Waals surface area contributed by atoms with E-state index in [1.165, 1.54) is 41.4 Å². The molecule has 4 aromatic rings. The van der Waals surface area contributed by atoms with E-state index in [4.69, 9.17) is 0 Å². The number of hydrogen-bond donors (Lipinski definition) is 0. The lowest BCUT2D eigenvalue weighted by Crippen LogP contribution is -2.74. The van der Waals surface area contributed by atoms with Crippen molar-refractivity contribution in [3.63, 3.8) is 0 Å². The van der Waals surface area contributed by atoms with Crippen LogP contribution in [-0.4, -0.2) is 31.2 Å². The van der Waals surface area contributed by atoms with Crippen LogP contribution in [0.4, 0.5) is 0 Å². The number of benzene rings is 4. The van der Waals surface area contributed by atoms with Crippen LogP contribution < -0.4 is 21.9 Å². The molecule has 4 aromatic carbocycles. The minimum atomic E-state index is -1.34. The Morgan fingerprint density at radius 2 is 0.515 bits per heavy atom. The van der Waals surface area contributed by atoms with Crippen molar-refractivity contribution in [2.75, 3.05) is 25.0 Å². The van der Waals surface area contributed by atoms with Gasteiger partial charge in [-0.3, -0.25) is 0 Å². The van der Waals surface area contributed by atoms with E-state index in [0.29, 0.717) is 0 Å². The molecule has 168 valence electrons. The van der Waals surface area contributed by atoms with Crippen LogP contribution in [0.25, 0.3) is 0 Å². The van der Waals surface area contributed by atoms with Crippen molar-refractivity contribution in [2.45, 2.75) is 19.6 Å². The van der Waals surface area contributed by atoms with Gasteiger partial charge in [0.1, 0.15) is 6.15 Å². The van der Waals surface area contributed by atoms with Crippen molar-refractivity contribution in [1.29, 1.82) is 0 Å². The van der Waals surface area contributed by atoms with Crippen molar-refractivity contribution in [3.05, 3.63) is 97.1 Å². The molecular formula is C28H28BS4-. The second-order valence-electron chi connectivity index (χ2n) is 7.96. The summed E-state index contributed by atoms with van der Waals surface area (Å²) in [5.41, 5.74) is 5.38. The Bertz CT molecular complexity index is 973. The van der Waals surface area contributed by atoms with E-state index >= 15 is 0 Å². The fourth-order valence-corrected chi connectivity index (χ4v) is 6.36. The average Bonchev–Trinajstić information content (AvgIpc) is 2.90. The van der Waals surface area contributed by atoms with Crippen LogP contribution in [0.1, 0.15) is 0 Å². The fourth-order valence-electron chi connectivity index (χ4n) is 4.73. The van der Waals surface area contributed by atoms with Gasteiger partial charge in [-0.25, -0.2) is 0 Å². The third-order valence-electron chi connectivity index (χ3n) is 6.46. The van der Waals surface area contributed by atoms with Gasteiger partial charge in [0.25, 0.3) is 0 Å². The molecule has 0 heterocycles. The quantitative estimate of drug-likeness (QED) is 0.215. The van der Waals surface area contributed by atoms with Crippen LogP contribution in [0.3, 0.4) is 0 Å². The van der Waals surface area contributed by atoms with Gasteiger partial charge in [-0.1, -0.05) is 97.1 Å². The van der Waals surface area contributed by atoms with Gasteiger partial charge in [0.05, 0.1) is 0 Å². The Kier molecular flexibility index (Phi) is 8.29. The highest BCUT2D eigenvalue weighted by molar-refractivity contribution is 7.99. The molecule has 4 rings (SSSR count). The van der Waals surface area contributed by atoms with E-state index < -0.39 is 6.15 Å². The third kappa shape index (κ3) is 4.93. The van der Waals surface area contributed by atoms with Crippen molar-refractivity contribution in [2.24, 2.45) is 0 Å². The van der Waals surface area contributed by atoms with Crippen molar-refractivity contribution in [1.82, 2.24) is 0 Å². The molecule has 0 aliphatic heterocycles. The third-order valence-corrected chi connectivity index (χ3v) is 9.44. The van der Waals surface area contributed by atoms with E-state index in [-0.39, 0.29) is 0 Å². The lowest BCUT2D eigenvalue weighted by atomic mass is 9.13. The van der Waals surface area contributed by atoms with E-state index in [2.05, 4.69) is 122 Å². The maximum atomic E-state index is 2.33. The van der Waals surface area contributed by atoms with E-state index in [1.54, 1.807) is 47.0 Å². The van der Waals surface area contributed by atoms with E-state index in [1.807, 2.05) is 0 Å². The maximum Gasteiger partial charge on any atom is 0.108 e. The van der Waals surface area contributed by atoms with Crippen LogP contribution >= 0.6 is 47.0 Å². The van der Waals surface area contributed by atoms with Gasteiger partial charge in [-0.15, -0.1) is 47.0 Å². The molecule has 5 heteroatoms. The molecule has 0 aliphatic rings. The number of rotatable bonds is 8. The Morgan fingerprint density at radius 1 is 0.333 bits per heavy atom. The van der Waals surface area contributed by atoms with Gasteiger partial charge >= 0.3 is 0 Å². The molecule has 0 nitrogen and oxygen atoms in total. The molecule has 0 atom stereocenters. The van der Waals surface area contributed by atoms with Crippen molar-refractivity contribution in [3.8, 4) is 0 Å². The largest absolute Gasteiger partial charge is 0.195 e. The zero-order valence-corrected chi connectivity index (χ0v) is 22.7. The summed E-state index contributed by atoms with van der Waals surface area (Å²) in [6.07, 6.45) is 7.21. The highest BCUT2D eigenvalue weighted by Crippen LogP contribution is 2.20. The monoisotopic (exact) mass is 503 g/mol. The van der Waals surface area contributed by atoms with E-state index in [0.717, 1.165) is 0 Å². The second-order valence-corrected chi connectivity index (χ2v) is 11.5. The number of thioether (sulfide) groups is 4. The molecule has 0 N–H and O–H groups in total. The lowest BCUT2D eigenvalue weighted by Gasteiger charge is -2.44. The Morgan fingerprint density at radius 3 is 0.667 bits per heavy atom. The van der Waals surface area contributed by atoms with Crippen molar-refractivity contribution >= 4 is 75.0 Å². The molecule has 0 spiro atoms. The van der Waals surface area contributed by atoms with Gasteiger partial charge in [-0.2, -0.15) is 21.9 Å². The van der Waals surface area contributed by atoms with E-state index in [9.17, 15) is 0 Å². The van der Waals surface area contributed by atoms with Crippen LogP contribution in [0.2, 0.25) is 0 Å². The Hall–Kier alpha value is -1.66. The standard InChI is InChI=1S/C28H28BS4/c1-30-25-13-5-21(6-14-25)29(22-7-15-26(31-2)16-8-22,23-9-17-27(32-3)18-10-23)24-11-19-28(33-4)20-12-24/h5-20H,1-4H3/q-1. The van der Waals surface area contributed by atoms with Crippen LogP contribution in [0.15, 0.2) is 117 Å². The molecule has 0 saturated heterocycles.